The molecule has 0 saturated carbocycles. The van der Waals surface area contributed by atoms with Gasteiger partial charge >= 0.3 is 0 Å². The third-order valence-electron chi connectivity index (χ3n) is 9.93. The molecule has 4 amide bonds. The van der Waals surface area contributed by atoms with E-state index >= 15 is 0 Å². The number of carbonyl (C=O) groups excluding carboxylic acids is 4. The Hall–Kier alpha value is -5.91. The molecule has 3 aromatic carbocycles. The van der Waals surface area contributed by atoms with Gasteiger partial charge in [-0.1, -0.05) is 36.4 Å². The first-order valence-electron chi connectivity index (χ1n) is 17.0. The Balaban J connectivity index is 0.812. The lowest BCUT2D eigenvalue weighted by Gasteiger charge is -2.33. The summed E-state index contributed by atoms with van der Waals surface area (Å²) in [6.07, 6.45) is 8.49. The van der Waals surface area contributed by atoms with E-state index < -0.39 is 11.9 Å². The van der Waals surface area contributed by atoms with E-state index in [-0.39, 0.29) is 30.6 Å². The van der Waals surface area contributed by atoms with Crippen molar-refractivity contribution in [3.63, 3.8) is 0 Å². The number of piperidine rings is 2. The summed E-state index contributed by atoms with van der Waals surface area (Å²) in [7, 11) is 0. The molecule has 2 fully saturated rings. The van der Waals surface area contributed by atoms with Gasteiger partial charge in [0.05, 0.1) is 41.6 Å². The van der Waals surface area contributed by atoms with Gasteiger partial charge in [0.25, 0.3) is 5.91 Å². The van der Waals surface area contributed by atoms with Gasteiger partial charge in [-0.3, -0.25) is 34.2 Å². The lowest BCUT2D eigenvalue weighted by atomic mass is 10.0. The van der Waals surface area contributed by atoms with E-state index in [4.69, 9.17) is 4.98 Å². The maximum absolute atomic E-state index is 13.0. The van der Waals surface area contributed by atoms with Gasteiger partial charge in [0, 0.05) is 55.6 Å². The monoisotopic (exact) mass is 668 g/mol. The lowest BCUT2D eigenvalue weighted by Crippen LogP contribution is -2.52. The quantitative estimate of drug-likeness (QED) is 0.237. The Labute approximate surface area is 288 Å². The molecule has 0 aliphatic carbocycles. The highest BCUT2D eigenvalue weighted by atomic mass is 16.2. The molecule has 12 nitrogen and oxygen atoms in total. The Morgan fingerprint density at radius 1 is 0.900 bits per heavy atom. The topological polar surface area (TPSA) is 142 Å². The van der Waals surface area contributed by atoms with Crippen LogP contribution in [-0.4, -0.2) is 67.4 Å². The van der Waals surface area contributed by atoms with Crippen molar-refractivity contribution in [3.05, 3.63) is 108 Å². The van der Waals surface area contributed by atoms with E-state index in [1.807, 2.05) is 54.7 Å². The summed E-state index contributed by atoms with van der Waals surface area (Å²) >= 11 is 0. The number of hydrogen-bond acceptors (Lipinski definition) is 8. The van der Waals surface area contributed by atoms with Crippen LogP contribution in [0.5, 0.6) is 0 Å². The van der Waals surface area contributed by atoms with Crippen LogP contribution >= 0.6 is 0 Å². The molecule has 2 aromatic heterocycles. The van der Waals surface area contributed by atoms with Crippen LogP contribution in [0, 0.1) is 0 Å². The number of nitrogens with one attached hydrogen (secondary N) is 2. The van der Waals surface area contributed by atoms with Crippen molar-refractivity contribution in [1.29, 1.82) is 0 Å². The molecule has 2 N–H and O–H groups in total. The van der Waals surface area contributed by atoms with Crippen molar-refractivity contribution in [1.82, 2.24) is 35.3 Å². The first-order chi connectivity index (χ1) is 24.4. The van der Waals surface area contributed by atoms with Crippen LogP contribution in [0.1, 0.15) is 58.8 Å². The van der Waals surface area contributed by atoms with Crippen molar-refractivity contribution in [3.8, 4) is 11.3 Å². The Bertz CT molecular complexity index is 2120. The van der Waals surface area contributed by atoms with Gasteiger partial charge in [-0.15, -0.1) is 0 Å². The zero-order valence-electron chi connectivity index (χ0n) is 27.4. The maximum atomic E-state index is 13.0. The van der Waals surface area contributed by atoms with Crippen molar-refractivity contribution in [2.24, 2.45) is 0 Å². The summed E-state index contributed by atoms with van der Waals surface area (Å²) in [6.45, 7) is 2.46. The smallest absolute Gasteiger partial charge is 0.255 e. The average Bonchev–Trinajstić information content (AvgIpc) is 3.76. The molecule has 2 saturated heterocycles. The number of benzene rings is 3. The molecule has 0 radical (unpaired) electrons. The fourth-order valence-corrected chi connectivity index (χ4v) is 7.17. The largest absolute Gasteiger partial charge is 0.371 e. The van der Waals surface area contributed by atoms with Gasteiger partial charge in [0.1, 0.15) is 6.04 Å². The van der Waals surface area contributed by atoms with Crippen LogP contribution in [0.25, 0.3) is 22.3 Å². The standard InChI is InChI=1S/C38H36N8O4/c47-35-12-11-34(37(49)43-35)45-22-26-17-25(7-10-30(26)38(45)50)19-40-36(48)18-24-5-8-28(9-6-24)44-15-13-29(14-16-44)46-23-27(20-41-46)33-21-39-31-3-1-2-4-32(31)42-33/h1-10,17,20-21,23,29,34H,11-16,18-19,22H2,(H,40,48)(H,43,47,49). The molecule has 1 unspecified atom stereocenters. The summed E-state index contributed by atoms with van der Waals surface area (Å²) in [5.74, 6) is -1.04. The van der Waals surface area contributed by atoms with E-state index in [9.17, 15) is 19.2 Å². The third-order valence-corrected chi connectivity index (χ3v) is 9.93. The van der Waals surface area contributed by atoms with E-state index in [0.29, 0.717) is 31.1 Å². The van der Waals surface area contributed by atoms with Crippen LogP contribution in [0.2, 0.25) is 0 Å². The molecule has 8 rings (SSSR count). The predicted octanol–water partition coefficient (Wildman–Crippen LogP) is 3.95. The summed E-state index contributed by atoms with van der Waals surface area (Å²) in [5.41, 5.74) is 7.85. The number of hydrogen-bond donors (Lipinski definition) is 2. The van der Waals surface area contributed by atoms with Crippen LogP contribution < -0.4 is 15.5 Å². The molecule has 5 aromatic rings. The van der Waals surface area contributed by atoms with Crippen molar-refractivity contribution >= 4 is 40.3 Å². The normalized spacial score (nSPS) is 18.0. The number of aromatic nitrogens is 4. The molecule has 3 aliphatic heterocycles. The van der Waals surface area contributed by atoms with E-state index in [1.165, 1.54) is 4.90 Å². The minimum atomic E-state index is -0.650. The van der Waals surface area contributed by atoms with Crippen molar-refractivity contribution in [2.45, 2.75) is 57.3 Å². The minimum Gasteiger partial charge on any atom is -0.371 e. The lowest BCUT2D eigenvalue weighted by molar-refractivity contribution is -0.137. The molecule has 3 aliphatic rings. The third kappa shape index (κ3) is 6.31. The highest BCUT2D eigenvalue weighted by Crippen LogP contribution is 2.30. The van der Waals surface area contributed by atoms with Crippen molar-refractivity contribution < 1.29 is 19.2 Å². The number of imide groups is 1. The molecule has 12 heteroatoms. The number of amides is 4. The van der Waals surface area contributed by atoms with Crippen LogP contribution in [0.15, 0.2) is 85.3 Å². The van der Waals surface area contributed by atoms with Crippen molar-refractivity contribution in [2.75, 3.05) is 18.0 Å². The molecule has 252 valence electrons. The number of anilines is 1. The summed E-state index contributed by atoms with van der Waals surface area (Å²) < 4.78 is 2.06. The molecule has 0 bridgehead atoms. The summed E-state index contributed by atoms with van der Waals surface area (Å²) in [6, 6.07) is 21.2. The number of carbonyl (C=O) groups is 4. The van der Waals surface area contributed by atoms with Gasteiger partial charge < -0.3 is 15.1 Å². The van der Waals surface area contributed by atoms with Gasteiger partial charge in [-0.2, -0.15) is 5.10 Å². The van der Waals surface area contributed by atoms with E-state index in [1.54, 1.807) is 12.3 Å². The molecule has 1 atom stereocenters. The Morgan fingerprint density at radius 2 is 1.68 bits per heavy atom. The first-order valence-corrected chi connectivity index (χ1v) is 17.0. The predicted molar refractivity (Wildman–Crippen MR) is 186 cm³/mol. The SMILES string of the molecule is O=C(Cc1ccc(N2CCC(n3cc(-c4cnc5ccccc5n4)cn3)CC2)cc1)NCc1ccc2c(c1)CN(C1CCC(=O)NC1=O)C2=O. The van der Waals surface area contributed by atoms with Gasteiger partial charge in [-0.05, 0) is 66.3 Å². The Kier molecular flexibility index (Phi) is 8.27. The van der Waals surface area contributed by atoms with Gasteiger partial charge in [0.15, 0.2) is 0 Å². The van der Waals surface area contributed by atoms with Crippen LogP contribution in [-0.2, 0) is 33.9 Å². The second-order valence-corrected chi connectivity index (χ2v) is 13.2. The minimum absolute atomic E-state index is 0.0893. The molecule has 50 heavy (non-hydrogen) atoms. The highest BCUT2D eigenvalue weighted by molar-refractivity contribution is 6.05. The second-order valence-electron chi connectivity index (χ2n) is 13.2. The number of para-hydroxylation sites is 2. The molecule has 5 heterocycles. The number of fused-ring (bicyclic) bond motifs is 2. The number of nitrogens with zero attached hydrogens (tertiary/aromatic N) is 6. The van der Waals surface area contributed by atoms with E-state index in [2.05, 4.69) is 48.6 Å². The zero-order valence-corrected chi connectivity index (χ0v) is 27.4. The maximum Gasteiger partial charge on any atom is 0.255 e. The molecular formula is C38H36N8O4. The van der Waals surface area contributed by atoms with E-state index in [0.717, 1.165) is 70.6 Å². The number of rotatable bonds is 8. The average molecular weight is 669 g/mol. The summed E-state index contributed by atoms with van der Waals surface area (Å²) in [5, 5.41) is 9.98. The fraction of sp³-hybridized carbons (Fsp3) is 0.289. The molecular weight excluding hydrogens is 632 g/mol. The second kappa shape index (κ2) is 13.2. The van der Waals surface area contributed by atoms with Crippen LogP contribution in [0.3, 0.4) is 0 Å². The Morgan fingerprint density at radius 3 is 2.48 bits per heavy atom. The molecule has 0 spiro atoms. The zero-order chi connectivity index (χ0) is 34.2. The highest BCUT2D eigenvalue weighted by Gasteiger charge is 2.39. The fourth-order valence-electron chi connectivity index (χ4n) is 7.17. The van der Waals surface area contributed by atoms with Gasteiger partial charge in [-0.25, -0.2) is 4.98 Å². The van der Waals surface area contributed by atoms with Crippen LogP contribution in [0.4, 0.5) is 5.69 Å². The first kappa shape index (κ1) is 31.4. The summed E-state index contributed by atoms with van der Waals surface area (Å²) in [4.78, 5) is 62.8. The van der Waals surface area contributed by atoms with Gasteiger partial charge in [0.2, 0.25) is 17.7 Å².